The Morgan fingerprint density at radius 2 is 2.03 bits per heavy atom. The Labute approximate surface area is 202 Å². The molecule has 1 aromatic carbocycles. The van der Waals surface area contributed by atoms with Gasteiger partial charge in [0.1, 0.15) is 17.6 Å². The number of para-hydroxylation sites is 1. The van der Waals surface area contributed by atoms with Gasteiger partial charge in [0.15, 0.2) is 0 Å². The molecule has 3 heterocycles. The highest BCUT2D eigenvalue weighted by atomic mass is 32.2. The van der Waals surface area contributed by atoms with Gasteiger partial charge in [-0.2, -0.15) is 0 Å². The van der Waals surface area contributed by atoms with Gasteiger partial charge in [-0.1, -0.05) is 47.7 Å². The van der Waals surface area contributed by atoms with Crippen LogP contribution in [0.15, 0.2) is 65.7 Å². The number of hydrogen-bond acceptors (Lipinski definition) is 4. The normalized spacial score (nSPS) is 19.0. The second kappa shape index (κ2) is 9.62. The smallest absolute Gasteiger partial charge is 0.240 e. The lowest BCUT2D eigenvalue weighted by Gasteiger charge is -2.25. The third-order valence-electron chi connectivity index (χ3n) is 6.44. The van der Waals surface area contributed by atoms with Crippen LogP contribution in [0.25, 0.3) is 10.9 Å². The fourth-order valence-corrected chi connectivity index (χ4v) is 6.14. The van der Waals surface area contributed by atoms with Gasteiger partial charge in [0.05, 0.1) is 19.3 Å². The molecular weight excluding hydrogens is 449 g/mol. The third-order valence-corrected chi connectivity index (χ3v) is 7.65. The third kappa shape index (κ3) is 4.00. The SMILES string of the molecule is CCN(CC)C(=O)C1SC2=CC(C=CC=C2)c2c1c1ccccc1n2Cc1cn(CCF)nn1. The first-order chi connectivity index (χ1) is 16.6. The molecule has 0 saturated carbocycles. The second-order valence-electron chi connectivity index (χ2n) is 8.41. The van der Waals surface area contributed by atoms with Crippen molar-refractivity contribution in [2.75, 3.05) is 19.8 Å². The summed E-state index contributed by atoms with van der Waals surface area (Å²) in [6, 6.07) is 8.27. The van der Waals surface area contributed by atoms with E-state index in [0.29, 0.717) is 19.6 Å². The van der Waals surface area contributed by atoms with Gasteiger partial charge in [-0.05, 0) is 26.0 Å². The molecule has 6 nitrogen and oxygen atoms in total. The number of benzene rings is 1. The molecule has 2 atom stereocenters. The van der Waals surface area contributed by atoms with Crippen LogP contribution in [0.1, 0.15) is 42.0 Å². The summed E-state index contributed by atoms with van der Waals surface area (Å²) in [5.41, 5.74) is 4.01. The maximum atomic E-state index is 13.8. The number of nitrogens with zero attached hydrogens (tertiary/aromatic N) is 5. The van der Waals surface area contributed by atoms with Crippen molar-refractivity contribution in [3.05, 3.63) is 82.7 Å². The van der Waals surface area contributed by atoms with E-state index in [-0.39, 0.29) is 23.6 Å². The lowest BCUT2D eigenvalue weighted by molar-refractivity contribution is -0.130. The van der Waals surface area contributed by atoms with Gasteiger partial charge in [-0.3, -0.25) is 4.79 Å². The number of aromatic nitrogens is 4. The van der Waals surface area contributed by atoms with Crippen molar-refractivity contribution >= 4 is 28.6 Å². The minimum atomic E-state index is -0.482. The Balaban J connectivity index is 1.72. The predicted octanol–water partition coefficient (Wildman–Crippen LogP) is 5.00. The van der Waals surface area contributed by atoms with Crippen molar-refractivity contribution in [3.63, 3.8) is 0 Å². The molecule has 0 spiro atoms. The second-order valence-corrected chi connectivity index (χ2v) is 9.59. The number of alkyl halides is 1. The van der Waals surface area contributed by atoms with Gasteiger partial charge in [0.2, 0.25) is 5.91 Å². The van der Waals surface area contributed by atoms with Crippen LogP contribution in [0.2, 0.25) is 0 Å². The number of carbonyl (C=O) groups is 1. The first-order valence-corrected chi connectivity index (χ1v) is 12.6. The summed E-state index contributed by atoms with van der Waals surface area (Å²) in [7, 11) is 0. The van der Waals surface area contributed by atoms with Crippen LogP contribution in [0.4, 0.5) is 4.39 Å². The Bertz CT molecular complexity index is 1300. The Hall–Kier alpha value is -3.13. The molecule has 0 saturated heterocycles. The van der Waals surface area contributed by atoms with E-state index in [1.54, 1.807) is 18.0 Å². The molecule has 2 aliphatic rings. The molecule has 1 aliphatic heterocycles. The van der Waals surface area contributed by atoms with Crippen LogP contribution in [-0.2, 0) is 17.9 Å². The summed E-state index contributed by atoms with van der Waals surface area (Å²) in [6.07, 6.45) is 12.4. The van der Waals surface area contributed by atoms with Crippen molar-refractivity contribution < 1.29 is 9.18 Å². The van der Waals surface area contributed by atoms with E-state index in [1.165, 1.54) is 4.68 Å². The van der Waals surface area contributed by atoms with Gasteiger partial charge in [-0.25, -0.2) is 9.07 Å². The van der Waals surface area contributed by atoms with Gasteiger partial charge in [0.25, 0.3) is 0 Å². The minimum absolute atomic E-state index is 0.0234. The highest BCUT2D eigenvalue weighted by molar-refractivity contribution is 8.04. The molecule has 0 radical (unpaired) electrons. The molecular formula is C26H28FN5OS. The van der Waals surface area contributed by atoms with E-state index < -0.39 is 6.67 Å². The van der Waals surface area contributed by atoms with E-state index >= 15 is 0 Å². The Morgan fingerprint density at radius 3 is 2.82 bits per heavy atom. The van der Waals surface area contributed by atoms with E-state index in [4.69, 9.17) is 0 Å². The van der Waals surface area contributed by atoms with Crippen molar-refractivity contribution in [1.29, 1.82) is 0 Å². The molecule has 34 heavy (non-hydrogen) atoms. The number of fused-ring (bicyclic) bond motifs is 5. The van der Waals surface area contributed by atoms with E-state index in [9.17, 15) is 9.18 Å². The number of allylic oxidation sites excluding steroid dienone is 5. The first-order valence-electron chi connectivity index (χ1n) is 11.7. The number of likely N-dealkylation sites (N-methyl/N-ethyl adjacent to an activating group) is 1. The lowest BCUT2D eigenvalue weighted by atomic mass is 9.96. The van der Waals surface area contributed by atoms with E-state index in [0.717, 1.165) is 32.8 Å². The largest absolute Gasteiger partial charge is 0.342 e. The molecule has 8 heteroatoms. The van der Waals surface area contributed by atoms with Gasteiger partial charge in [0, 0.05) is 46.1 Å². The maximum Gasteiger partial charge on any atom is 0.240 e. The lowest BCUT2D eigenvalue weighted by Crippen LogP contribution is -2.34. The van der Waals surface area contributed by atoms with Crippen molar-refractivity contribution in [3.8, 4) is 0 Å². The number of carbonyl (C=O) groups excluding carboxylic acids is 1. The molecule has 176 valence electrons. The van der Waals surface area contributed by atoms with Crippen LogP contribution in [0.5, 0.6) is 0 Å². The predicted molar refractivity (Wildman–Crippen MR) is 134 cm³/mol. The molecule has 2 bridgehead atoms. The number of rotatable bonds is 7. The van der Waals surface area contributed by atoms with Crippen LogP contribution < -0.4 is 0 Å². The number of halogens is 1. The van der Waals surface area contributed by atoms with Gasteiger partial charge in [-0.15, -0.1) is 16.9 Å². The number of thioether (sulfide) groups is 1. The highest BCUT2D eigenvalue weighted by Gasteiger charge is 2.36. The fourth-order valence-electron chi connectivity index (χ4n) is 4.87. The zero-order valence-corrected chi connectivity index (χ0v) is 20.2. The molecule has 2 unspecified atom stereocenters. The summed E-state index contributed by atoms with van der Waals surface area (Å²) in [4.78, 5) is 16.8. The maximum absolute atomic E-state index is 13.8. The molecule has 1 amide bonds. The monoisotopic (exact) mass is 477 g/mol. The van der Waals surface area contributed by atoms with Gasteiger partial charge >= 0.3 is 0 Å². The number of amides is 1. The quantitative estimate of drug-likeness (QED) is 0.481. The molecule has 1 aliphatic carbocycles. The molecule has 5 rings (SSSR count). The molecule has 0 N–H and O–H groups in total. The summed E-state index contributed by atoms with van der Waals surface area (Å²) >= 11 is 1.63. The first kappa shape index (κ1) is 22.7. The van der Waals surface area contributed by atoms with Crippen LogP contribution in [-0.4, -0.2) is 50.1 Å². The number of aryl methyl sites for hydroxylation is 1. The Kier molecular flexibility index (Phi) is 6.41. The minimum Gasteiger partial charge on any atom is -0.342 e. The van der Waals surface area contributed by atoms with Crippen LogP contribution in [0.3, 0.4) is 0 Å². The molecule has 2 aromatic heterocycles. The summed E-state index contributed by atoms with van der Waals surface area (Å²) in [5.74, 6) is 0.160. The van der Waals surface area contributed by atoms with Crippen molar-refractivity contribution in [1.82, 2.24) is 24.5 Å². The van der Waals surface area contributed by atoms with E-state index in [2.05, 4.69) is 51.3 Å². The van der Waals surface area contributed by atoms with Crippen LogP contribution >= 0.6 is 11.8 Å². The van der Waals surface area contributed by atoms with E-state index in [1.807, 2.05) is 37.0 Å². The average molecular weight is 478 g/mol. The van der Waals surface area contributed by atoms with Gasteiger partial charge < -0.3 is 9.47 Å². The topological polar surface area (TPSA) is 56.0 Å². The Morgan fingerprint density at radius 1 is 1.21 bits per heavy atom. The highest BCUT2D eigenvalue weighted by Crippen LogP contribution is 2.49. The molecule has 0 fully saturated rings. The summed E-state index contributed by atoms with van der Waals surface area (Å²) in [6.45, 7) is 5.62. The molecule has 3 aromatic rings. The number of hydrogen-bond donors (Lipinski definition) is 0. The average Bonchev–Trinajstić information content (AvgIpc) is 3.27. The van der Waals surface area contributed by atoms with Crippen molar-refractivity contribution in [2.45, 2.75) is 38.1 Å². The summed E-state index contributed by atoms with van der Waals surface area (Å²) in [5, 5.41) is 9.12. The fraction of sp³-hybridized carbons (Fsp3) is 0.346. The standard InChI is InChI=1S/C26H28FN5OS/c1-3-30(4-2)26(33)25-23-21-11-7-8-12-22(21)32(17-19-16-31(14-13-27)29-28-19)24(23)18-9-5-6-10-20(15-18)34-25/h5-12,15-16,18,25H,3-4,13-14,17H2,1-2H3. The zero-order chi connectivity index (χ0) is 23.7. The zero-order valence-electron chi connectivity index (χ0n) is 19.4. The van der Waals surface area contributed by atoms with Crippen molar-refractivity contribution in [2.24, 2.45) is 0 Å². The van der Waals surface area contributed by atoms with Crippen LogP contribution in [0, 0.1) is 0 Å². The summed E-state index contributed by atoms with van der Waals surface area (Å²) < 4.78 is 16.6.